The average molecular weight is 305 g/mol. The molecular formula is C16H17ClN2O2. The number of piperidine rings is 1. The number of rotatable bonds is 2. The number of likely N-dealkylation sites (tertiary alicyclic amines) is 1. The second-order valence-electron chi connectivity index (χ2n) is 5.41. The van der Waals surface area contributed by atoms with Crippen molar-refractivity contribution in [3.8, 4) is 0 Å². The van der Waals surface area contributed by atoms with E-state index < -0.39 is 0 Å². The van der Waals surface area contributed by atoms with Crippen LogP contribution in [0.4, 0.5) is 0 Å². The summed E-state index contributed by atoms with van der Waals surface area (Å²) in [5.41, 5.74) is 1.87. The number of hydrogen-bond acceptors (Lipinski definition) is 2. The fourth-order valence-corrected chi connectivity index (χ4v) is 2.93. The maximum Gasteiger partial charge on any atom is 0.253 e. The molecule has 3 rings (SSSR count). The van der Waals surface area contributed by atoms with Gasteiger partial charge in [0.2, 0.25) is 0 Å². The van der Waals surface area contributed by atoms with Crippen LogP contribution >= 0.6 is 11.6 Å². The Balaban J connectivity index is 1.99. The maximum absolute atomic E-state index is 12.5. The Morgan fingerprint density at radius 2 is 1.95 bits per heavy atom. The van der Waals surface area contributed by atoms with E-state index in [0.29, 0.717) is 22.2 Å². The van der Waals surface area contributed by atoms with E-state index in [4.69, 9.17) is 11.6 Å². The summed E-state index contributed by atoms with van der Waals surface area (Å²) in [7, 11) is 0. The third-order valence-electron chi connectivity index (χ3n) is 3.92. The first-order valence-electron chi connectivity index (χ1n) is 7.20. The largest absolute Gasteiger partial charge is 0.357 e. The van der Waals surface area contributed by atoms with Gasteiger partial charge >= 0.3 is 0 Å². The second-order valence-corrected chi connectivity index (χ2v) is 5.67. The Bertz CT molecular complexity index is 733. The number of H-pyrrole nitrogens is 1. The van der Waals surface area contributed by atoms with E-state index in [0.717, 1.165) is 25.9 Å². The van der Waals surface area contributed by atoms with Crippen molar-refractivity contribution in [2.75, 3.05) is 13.1 Å². The zero-order valence-corrected chi connectivity index (χ0v) is 12.4. The summed E-state index contributed by atoms with van der Waals surface area (Å²) in [5.74, 6) is 0.275. The quantitative estimate of drug-likeness (QED) is 0.867. The van der Waals surface area contributed by atoms with E-state index in [1.165, 1.54) is 12.5 Å². The lowest BCUT2D eigenvalue weighted by atomic mass is 10.1. The molecule has 1 N–H and O–H groups in total. The molecule has 0 unspecified atom stereocenters. The summed E-state index contributed by atoms with van der Waals surface area (Å²) < 4.78 is 0. The molecule has 1 aromatic carbocycles. The van der Waals surface area contributed by atoms with Crippen molar-refractivity contribution in [1.29, 1.82) is 0 Å². The number of nitrogens with one attached hydrogen (secondary N) is 1. The van der Waals surface area contributed by atoms with Gasteiger partial charge in [0, 0.05) is 41.3 Å². The zero-order chi connectivity index (χ0) is 14.8. The van der Waals surface area contributed by atoms with E-state index in [-0.39, 0.29) is 17.2 Å². The van der Waals surface area contributed by atoms with Gasteiger partial charge in [-0.05, 0) is 37.5 Å². The molecule has 1 fully saturated rings. The Hall–Kier alpha value is -1.81. The monoisotopic (exact) mass is 304 g/mol. The first-order chi connectivity index (χ1) is 10.2. The number of halogens is 1. The molecule has 0 atom stereocenters. The van der Waals surface area contributed by atoms with Crippen molar-refractivity contribution in [2.24, 2.45) is 0 Å². The fraction of sp³-hybridized carbons (Fsp3) is 0.375. The first kappa shape index (κ1) is 14.1. The van der Waals surface area contributed by atoms with Crippen LogP contribution in [-0.4, -0.2) is 28.9 Å². The summed E-state index contributed by atoms with van der Waals surface area (Å²) in [6.45, 7) is 1.61. The van der Waals surface area contributed by atoms with Crippen LogP contribution in [0.2, 0.25) is 0 Å². The first-order valence-corrected chi connectivity index (χ1v) is 7.74. The van der Waals surface area contributed by atoms with Gasteiger partial charge in [0.05, 0.1) is 5.88 Å². The lowest BCUT2D eigenvalue weighted by Crippen LogP contribution is -2.35. The van der Waals surface area contributed by atoms with Gasteiger partial charge in [-0.3, -0.25) is 9.59 Å². The summed E-state index contributed by atoms with van der Waals surface area (Å²) in [6.07, 6.45) is 3.29. The number of nitrogens with zero attached hydrogens (tertiary/aromatic N) is 1. The molecule has 110 valence electrons. The SMILES string of the molecule is O=C(c1ccc2[nH]c(CCl)cc(=O)c2c1)N1CCCCC1. The highest BCUT2D eigenvalue weighted by molar-refractivity contribution is 6.17. The minimum Gasteiger partial charge on any atom is -0.357 e. The Kier molecular flexibility index (Phi) is 3.97. The second kappa shape index (κ2) is 5.90. The molecule has 0 spiro atoms. The standard InChI is InChI=1S/C16H17ClN2O2/c17-10-12-9-15(20)13-8-11(4-5-14(13)18-12)16(21)19-6-2-1-3-7-19/h4-5,8-9H,1-3,6-7,10H2,(H,18,20). The third kappa shape index (κ3) is 2.81. The maximum atomic E-state index is 12.5. The van der Waals surface area contributed by atoms with Gasteiger partial charge in [-0.25, -0.2) is 0 Å². The molecule has 21 heavy (non-hydrogen) atoms. The van der Waals surface area contributed by atoms with Gasteiger partial charge in [-0.2, -0.15) is 0 Å². The molecule has 1 aliphatic rings. The molecule has 5 heteroatoms. The molecule has 2 aromatic rings. The van der Waals surface area contributed by atoms with Crippen molar-refractivity contribution >= 4 is 28.4 Å². The summed E-state index contributed by atoms with van der Waals surface area (Å²) in [6, 6.07) is 6.73. The van der Waals surface area contributed by atoms with Crippen molar-refractivity contribution in [1.82, 2.24) is 9.88 Å². The number of hydrogen-bond donors (Lipinski definition) is 1. The smallest absolute Gasteiger partial charge is 0.253 e. The number of fused-ring (bicyclic) bond motifs is 1. The van der Waals surface area contributed by atoms with Crippen LogP contribution in [-0.2, 0) is 5.88 Å². The normalized spacial score (nSPS) is 15.4. The van der Waals surface area contributed by atoms with Crippen molar-refractivity contribution in [2.45, 2.75) is 25.1 Å². The summed E-state index contributed by atoms with van der Waals surface area (Å²) in [4.78, 5) is 29.5. The zero-order valence-electron chi connectivity index (χ0n) is 11.7. The number of aromatic nitrogens is 1. The van der Waals surface area contributed by atoms with Crippen LogP contribution < -0.4 is 5.43 Å². The minimum absolute atomic E-state index is 0.0115. The predicted molar refractivity (Wildman–Crippen MR) is 83.9 cm³/mol. The molecule has 4 nitrogen and oxygen atoms in total. The van der Waals surface area contributed by atoms with E-state index in [1.807, 2.05) is 4.90 Å². The topological polar surface area (TPSA) is 53.2 Å². The van der Waals surface area contributed by atoms with Gasteiger partial charge in [0.25, 0.3) is 5.91 Å². The number of aromatic amines is 1. The van der Waals surface area contributed by atoms with Gasteiger partial charge in [0.15, 0.2) is 5.43 Å². The third-order valence-corrected chi connectivity index (χ3v) is 4.21. The number of pyridine rings is 1. The fourth-order valence-electron chi connectivity index (χ4n) is 2.79. The van der Waals surface area contributed by atoms with Gasteiger partial charge in [-0.15, -0.1) is 11.6 Å². The lowest BCUT2D eigenvalue weighted by Gasteiger charge is -2.26. The Morgan fingerprint density at radius 3 is 2.67 bits per heavy atom. The number of carbonyl (C=O) groups excluding carboxylic acids is 1. The van der Waals surface area contributed by atoms with Crippen LogP contribution in [0.15, 0.2) is 29.1 Å². The molecule has 0 aliphatic carbocycles. The summed E-state index contributed by atoms with van der Waals surface area (Å²) in [5, 5.41) is 0.534. The highest BCUT2D eigenvalue weighted by Gasteiger charge is 2.18. The van der Waals surface area contributed by atoms with Crippen LogP contribution in [0, 0.1) is 0 Å². The molecule has 1 amide bonds. The Labute approximate surface area is 127 Å². The molecular weight excluding hydrogens is 288 g/mol. The molecule has 0 saturated carbocycles. The van der Waals surface area contributed by atoms with Gasteiger partial charge < -0.3 is 9.88 Å². The molecule has 1 aromatic heterocycles. The van der Waals surface area contributed by atoms with Crippen LogP contribution in [0.25, 0.3) is 10.9 Å². The van der Waals surface area contributed by atoms with Crippen molar-refractivity contribution < 1.29 is 4.79 Å². The highest BCUT2D eigenvalue weighted by Crippen LogP contribution is 2.16. The van der Waals surface area contributed by atoms with Crippen LogP contribution in [0.1, 0.15) is 35.3 Å². The Morgan fingerprint density at radius 1 is 1.19 bits per heavy atom. The highest BCUT2D eigenvalue weighted by atomic mass is 35.5. The van der Waals surface area contributed by atoms with Crippen LogP contribution in [0.5, 0.6) is 0 Å². The number of amides is 1. The lowest BCUT2D eigenvalue weighted by molar-refractivity contribution is 0.0724. The van der Waals surface area contributed by atoms with Crippen molar-refractivity contribution in [3.63, 3.8) is 0 Å². The molecule has 0 bridgehead atoms. The minimum atomic E-state index is -0.104. The van der Waals surface area contributed by atoms with E-state index >= 15 is 0 Å². The van der Waals surface area contributed by atoms with Crippen molar-refractivity contribution in [3.05, 3.63) is 45.7 Å². The number of carbonyl (C=O) groups is 1. The van der Waals surface area contributed by atoms with Gasteiger partial charge in [0.1, 0.15) is 0 Å². The average Bonchev–Trinajstić information content (AvgIpc) is 2.54. The van der Waals surface area contributed by atoms with E-state index in [1.54, 1.807) is 18.2 Å². The number of alkyl halides is 1. The van der Waals surface area contributed by atoms with Gasteiger partial charge in [-0.1, -0.05) is 0 Å². The summed E-state index contributed by atoms with van der Waals surface area (Å²) >= 11 is 5.75. The number of benzene rings is 1. The molecule has 2 heterocycles. The van der Waals surface area contributed by atoms with Crippen LogP contribution in [0.3, 0.4) is 0 Å². The van der Waals surface area contributed by atoms with E-state index in [2.05, 4.69) is 4.98 Å². The van der Waals surface area contributed by atoms with E-state index in [9.17, 15) is 9.59 Å². The molecule has 1 saturated heterocycles. The molecule has 0 radical (unpaired) electrons. The molecule has 1 aliphatic heterocycles. The predicted octanol–water partition coefficient (Wildman–Crippen LogP) is 2.89.